The van der Waals surface area contributed by atoms with Gasteiger partial charge in [-0.1, -0.05) is 26.0 Å². The van der Waals surface area contributed by atoms with Gasteiger partial charge in [-0.15, -0.1) is 0 Å². The third-order valence-corrected chi connectivity index (χ3v) is 2.96. The summed E-state index contributed by atoms with van der Waals surface area (Å²) in [7, 11) is 0. The van der Waals surface area contributed by atoms with Crippen LogP contribution in [-0.2, 0) is 6.54 Å². The van der Waals surface area contributed by atoms with Crippen molar-refractivity contribution in [1.29, 1.82) is 0 Å². The average Bonchev–Trinajstić information content (AvgIpc) is 2.34. The monoisotopic (exact) mass is 280 g/mol. The highest BCUT2D eigenvalue weighted by atomic mass is 16.3. The molecule has 0 spiro atoms. The lowest BCUT2D eigenvalue weighted by atomic mass is 9.87. The molecule has 5 heteroatoms. The summed E-state index contributed by atoms with van der Waals surface area (Å²) in [5, 5.41) is 24.1. The van der Waals surface area contributed by atoms with Gasteiger partial charge >= 0.3 is 6.03 Å². The highest BCUT2D eigenvalue weighted by Gasteiger charge is 2.20. The minimum atomic E-state index is -0.383. The van der Waals surface area contributed by atoms with Crippen molar-refractivity contribution >= 4 is 6.03 Å². The van der Waals surface area contributed by atoms with E-state index < -0.39 is 0 Å². The zero-order valence-corrected chi connectivity index (χ0v) is 12.3. The molecule has 112 valence electrons. The molecule has 1 atom stereocenters. The van der Waals surface area contributed by atoms with Crippen LogP contribution in [0.4, 0.5) is 4.79 Å². The van der Waals surface area contributed by atoms with E-state index in [2.05, 4.69) is 10.6 Å². The van der Waals surface area contributed by atoms with E-state index in [9.17, 15) is 9.90 Å². The maximum absolute atomic E-state index is 11.7. The topological polar surface area (TPSA) is 81.6 Å². The van der Waals surface area contributed by atoms with Crippen molar-refractivity contribution in [2.24, 2.45) is 5.41 Å². The molecule has 0 saturated carbocycles. The van der Waals surface area contributed by atoms with Crippen LogP contribution in [0.5, 0.6) is 5.75 Å². The Morgan fingerprint density at radius 1 is 1.25 bits per heavy atom. The number of rotatable bonds is 6. The van der Waals surface area contributed by atoms with Gasteiger partial charge in [0, 0.05) is 13.1 Å². The molecule has 4 N–H and O–H groups in total. The molecule has 0 aliphatic carbocycles. The van der Waals surface area contributed by atoms with E-state index in [0.717, 1.165) is 5.56 Å². The number of nitrogens with one attached hydrogen (secondary N) is 2. The third-order valence-electron chi connectivity index (χ3n) is 2.96. The van der Waals surface area contributed by atoms with Gasteiger partial charge in [-0.25, -0.2) is 4.79 Å². The standard InChI is InChI=1S/C15H24N2O3/c1-11(18)8-15(2,3)10-17-14(20)16-9-12-4-6-13(19)7-5-12/h4-7,11,18-19H,8-10H2,1-3H3,(H2,16,17,20). The SMILES string of the molecule is CC(O)CC(C)(C)CNC(=O)NCc1ccc(O)cc1. The Kier molecular flexibility index (Phi) is 5.82. The number of hydrogen-bond donors (Lipinski definition) is 4. The minimum Gasteiger partial charge on any atom is -0.508 e. The second-order valence-electron chi connectivity index (χ2n) is 5.92. The number of aliphatic hydroxyl groups is 1. The number of carbonyl (C=O) groups excluding carboxylic acids is 1. The molecule has 0 heterocycles. The summed E-state index contributed by atoms with van der Waals surface area (Å²) in [4.78, 5) is 11.7. The summed E-state index contributed by atoms with van der Waals surface area (Å²) in [5.41, 5.74) is 0.769. The zero-order valence-electron chi connectivity index (χ0n) is 12.3. The normalized spacial score (nSPS) is 12.8. The largest absolute Gasteiger partial charge is 0.508 e. The fourth-order valence-electron chi connectivity index (χ4n) is 2.05. The van der Waals surface area contributed by atoms with Gasteiger partial charge in [0.25, 0.3) is 0 Å². The van der Waals surface area contributed by atoms with Gasteiger partial charge in [0.1, 0.15) is 5.75 Å². The molecule has 0 radical (unpaired) electrons. The van der Waals surface area contributed by atoms with E-state index in [0.29, 0.717) is 19.5 Å². The van der Waals surface area contributed by atoms with Crippen LogP contribution in [0.25, 0.3) is 0 Å². The summed E-state index contributed by atoms with van der Waals surface area (Å²) < 4.78 is 0. The molecule has 1 unspecified atom stereocenters. The van der Waals surface area contributed by atoms with E-state index in [1.807, 2.05) is 13.8 Å². The van der Waals surface area contributed by atoms with Crippen molar-refractivity contribution in [3.8, 4) is 5.75 Å². The van der Waals surface area contributed by atoms with Crippen LogP contribution >= 0.6 is 0 Å². The van der Waals surface area contributed by atoms with Gasteiger partial charge in [-0.2, -0.15) is 0 Å². The second kappa shape index (κ2) is 7.14. The Morgan fingerprint density at radius 3 is 2.40 bits per heavy atom. The fraction of sp³-hybridized carbons (Fsp3) is 0.533. The summed E-state index contributed by atoms with van der Waals surface area (Å²) in [6.07, 6.45) is 0.248. The molecule has 5 nitrogen and oxygen atoms in total. The van der Waals surface area contributed by atoms with Crippen molar-refractivity contribution in [3.63, 3.8) is 0 Å². The summed E-state index contributed by atoms with van der Waals surface area (Å²) in [6.45, 7) is 6.65. The molecule has 20 heavy (non-hydrogen) atoms. The van der Waals surface area contributed by atoms with Gasteiger partial charge in [0.2, 0.25) is 0 Å². The molecule has 0 aromatic heterocycles. The summed E-state index contributed by atoms with van der Waals surface area (Å²) >= 11 is 0. The predicted octanol–water partition coefficient (Wildman–Crippen LogP) is 1.99. The van der Waals surface area contributed by atoms with Crippen molar-refractivity contribution in [1.82, 2.24) is 10.6 Å². The Labute approximate surface area is 120 Å². The minimum absolute atomic E-state index is 0.149. The lowest BCUT2D eigenvalue weighted by Gasteiger charge is -2.26. The van der Waals surface area contributed by atoms with Crippen molar-refractivity contribution < 1.29 is 15.0 Å². The first kappa shape index (κ1) is 16.3. The van der Waals surface area contributed by atoms with Gasteiger partial charge < -0.3 is 20.8 Å². The average molecular weight is 280 g/mol. The highest BCUT2D eigenvalue weighted by Crippen LogP contribution is 2.20. The van der Waals surface area contributed by atoms with Crippen molar-refractivity contribution in [2.75, 3.05) is 6.54 Å². The number of carbonyl (C=O) groups is 1. The smallest absolute Gasteiger partial charge is 0.315 e. The lowest BCUT2D eigenvalue weighted by Crippen LogP contribution is -2.41. The van der Waals surface area contributed by atoms with Crippen LogP contribution in [0, 0.1) is 5.41 Å². The number of phenolic OH excluding ortho intramolecular Hbond substituents is 1. The molecular weight excluding hydrogens is 256 g/mol. The predicted molar refractivity (Wildman–Crippen MR) is 78.4 cm³/mol. The number of phenols is 1. The number of aliphatic hydroxyl groups excluding tert-OH is 1. The highest BCUT2D eigenvalue weighted by molar-refractivity contribution is 5.73. The molecule has 0 aliphatic rings. The second-order valence-corrected chi connectivity index (χ2v) is 5.92. The number of hydrogen-bond acceptors (Lipinski definition) is 3. The first-order chi connectivity index (χ1) is 9.28. The summed E-state index contributed by atoms with van der Waals surface area (Å²) in [6, 6.07) is 6.44. The van der Waals surface area contributed by atoms with Crippen LogP contribution in [-0.4, -0.2) is 28.9 Å². The molecule has 2 amide bonds. The molecule has 0 bridgehead atoms. The maximum atomic E-state index is 11.7. The first-order valence-electron chi connectivity index (χ1n) is 6.76. The zero-order chi connectivity index (χ0) is 15.2. The van der Waals surface area contributed by atoms with Crippen LogP contribution < -0.4 is 10.6 Å². The molecular formula is C15H24N2O3. The van der Waals surface area contributed by atoms with Gasteiger partial charge in [0.15, 0.2) is 0 Å². The number of aromatic hydroxyl groups is 1. The molecule has 1 aromatic rings. The van der Waals surface area contributed by atoms with Gasteiger partial charge in [-0.05, 0) is 36.5 Å². The van der Waals surface area contributed by atoms with E-state index >= 15 is 0 Å². The molecule has 0 aliphatic heterocycles. The van der Waals surface area contributed by atoms with Crippen LogP contribution in [0.1, 0.15) is 32.8 Å². The van der Waals surface area contributed by atoms with Crippen molar-refractivity contribution in [3.05, 3.63) is 29.8 Å². The number of urea groups is 1. The quantitative estimate of drug-likeness (QED) is 0.643. The molecule has 1 rings (SSSR count). The van der Waals surface area contributed by atoms with E-state index in [1.165, 1.54) is 0 Å². The maximum Gasteiger partial charge on any atom is 0.315 e. The van der Waals surface area contributed by atoms with Crippen LogP contribution in [0.2, 0.25) is 0 Å². The van der Waals surface area contributed by atoms with Crippen LogP contribution in [0.3, 0.4) is 0 Å². The van der Waals surface area contributed by atoms with E-state index in [1.54, 1.807) is 31.2 Å². The van der Waals surface area contributed by atoms with E-state index in [4.69, 9.17) is 5.11 Å². The molecule has 1 aromatic carbocycles. The Hall–Kier alpha value is -1.75. The Balaban J connectivity index is 2.32. The van der Waals surface area contributed by atoms with Gasteiger partial charge in [0.05, 0.1) is 6.10 Å². The number of benzene rings is 1. The Morgan fingerprint density at radius 2 is 1.85 bits per heavy atom. The molecule has 0 saturated heterocycles. The fourth-order valence-corrected chi connectivity index (χ4v) is 2.05. The molecule has 0 fully saturated rings. The van der Waals surface area contributed by atoms with E-state index in [-0.39, 0.29) is 23.3 Å². The first-order valence-corrected chi connectivity index (χ1v) is 6.76. The third kappa shape index (κ3) is 6.43. The summed E-state index contributed by atoms with van der Waals surface area (Å²) in [5.74, 6) is 0.207. The van der Waals surface area contributed by atoms with Crippen molar-refractivity contribution in [2.45, 2.75) is 39.8 Å². The van der Waals surface area contributed by atoms with Gasteiger partial charge in [-0.3, -0.25) is 0 Å². The Bertz CT molecular complexity index is 427. The van der Waals surface area contributed by atoms with Crippen LogP contribution in [0.15, 0.2) is 24.3 Å². The lowest BCUT2D eigenvalue weighted by molar-refractivity contribution is 0.129. The number of amides is 2.